The summed E-state index contributed by atoms with van der Waals surface area (Å²) in [7, 11) is 0. The van der Waals surface area contributed by atoms with Crippen molar-refractivity contribution >= 4 is 34.1 Å². The van der Waals surface area contributed by atoms with Gasteiger partial charge >= 0.3 is 6.03 Å². The Balaban J connectivity index is 2.27. The summed E-state index contributed by atoms with van der Waals surface area (Å²) in [4.78, 5) is 11.5. The second-order valence-corrected chi connectivity index (χ2v) is 5.96. The van der Waals surface area contributed by atoms with Crippen LogP contribution in [-0.2, 0) is 0 Å². The Labute approximate surface area is 110 Å². The van der Waals surface area contributed by atoms with E-state index in [0.717, 1.165) is 10.8 Å². The first kappa shape index (κ1) is 14.3. The van der Waals surface area contributed by atoms with E-state index >= 15 is 0 Å². The maximum absolute atomic E-state index is 11.5. The zero-order valence-electron chi connectivity index (χ0n) is 10.0. The molecule has 1 heterocycles. The van der Waals surface area contributed by atoms with Gasteiger partial charge in [0.05, 0.1) is 10.6 Å². The predicted octanol–water partition coefficient (Wildman–Crippen LogP) is 2.37. The minimum atomic E-state index is -0.851. The minimum absolute atomic E-state index is 0.255. The average Bonchev–Trinajstić information content (AvgIpc) is 2.77. The van der Waals surface area contributed by atoms with Gasteiger partial charge in [0.15, 0.2) is 0 Å². The van der Waals surface area contributed by atoms with Crippen molar-refractivity contribution in [2.24, 2.45) is 0 Å². The van der Waals surface area contributed by atoms with E-state index in [4.69, 9.17) is 0 Å². The van der Waals surface area contributed by atoms with E-state index in [1.807, 2.05) is 23.8 Å². The Morgan fingerprint density at radius 2 is 2.41 bits per heavy atom. The number of hydrogen-bond acceptors (Lipinski definition) is 4. The van der Waals surface area contributed by atoms with Gasteiger partial charge in [-0.2, -0.15) is 11.8 Å². The van der Waals surface area contributed by atoms with Crippen LogP contribution in [-0.4, -0.2) is 35.3 Å². The number of nitrogens with one attached hydrogen (secondary N) is 2. The number of aliphatic hydroxyl groups is 1. The Kier molecular flexibility index (Phi) is 5.80. The van der Waals surface area contributed by atoms with E-state index in [2.05, 4.69) is 10.6 Å². The van der Waals surface area contributed by atoms with Gasteiger partial charge in [-0.25, -0.2) is 4.79 Å². The molecule has 0 fully saturated rings. The molecule has 0 radical (unpaired) electrons. The van der Waals surface area contributed by atoms with Crippen molar-refractivity contribution in [2.75, 3.05) is 23.9 Å². The molecule has 17 heavy (non-hydrogen) atoms. The number of anilines is 1. The van der Waals surface area contributed by atoms with Gasteiger partial charge in [-0.05, 0) is 42.9 Å². The molecule has 0 unspecified atom stereocenters. The lowest BCUT2D eigenvalue weighted by Gasteiger charge is -2.23. The molecule has 1 atom stereocenters. The smallest absolute Gasteiger partial charge is 0.319 e. The van der Waals surface area contributed by atoms with Gasteiger partial charge in [0.25, 0.3) is 0 Å². The number of carbonyl (C=O) groups is 1. The van der Waals surface area contributed by atoms with E-state index in [-0.39, 0.29) is 12.6 Å². The first-order chi connectivity index (χ1) is 8.03. The normalized spacial score (nSPS) is 14.1. The molecule has 0 aliphatic rings. The van der Waals surface area contributed by atoms with Crippen LogP contribution in [0.4, 0.5) is 9.80 Å². The van der Waals surface area contributed by atoms with Crippen LogP contribution >= 0.6 is 23.1 Å². The summed E-state index contributed by atoms with van der Waals surface area (Å²) < 4.78 is 0. The maximum Gasteiger partial charge on any atom is 0.319 e. The molecule has 0 saturated carbocycles. The number of rotatable bonds is 6. The van der Waals surface area contributed by atoms with Gasteiger partial charge in [0, 0.05) is 6.54 Å². The molecule has 3 N–H and O–H groups in total. The zero-order valence-corrected chi connectivity index (χ0v) is 11.7. The van der Waals surface area contributed by atoms with Crippen LogP contribution in [0.25, 0.3) is 0 Å². The molecule has 1 rings (SSSR count). The highest BCUT2D eigenvalue weighted by atomic mass is 32.2. The van der Waals surface area contributed by atoms with Crippen molar-refractivity contribution in [3.05, 3.63) is 17.5 Å². The zero-order chi connectivity index (χ0) is 12.7. The van der Waals surface area contributed by atoms with Crippen LogP contribution in [0.1, 0.15) is 13.3 Å². The topological polar surface area (TPSA) is 61.4 Å². The van der Waals surface area contributed by atoms with Gasteiger partial charge < -0.3 is 10.4 Å². The van der Waals surface area contributed by atoms with Crippen LogP contribution in [0.3, 0.4) is 0 Å². The molecule has 96 valence electrons. The average molecular weight is 274 g/mol. The van der Waals surface area contributed by atoms with Gasteiger partial charge in [0.2, 0.25) is 0 Å². The Hall–Kier alpha value is -0.720. The minimum Gasteiger partial charge on any atom is -0.388 e. The lowest BCUT2D eigenvalue weighted by molar-refractivity contribution is 0.0599. The highest BCUT2D eigenvalue weighted by molar-refractivity contribution is 7.98. The molecule has 0 bridgehead atoms. The number of hydrogen-bond donors (Lipinski definition) is 3. The molecule has 0 aliphatic heterocycles. The summed E-state index contributed by atoms with van der Waals surface area (Å²) in [6.07, 6.45) is 2.65. The molecule has 0 saturated heterocycles. The van der Waals surface area contributed by atoms with E-state index in [1.165, 1.54) is 11.3 Å². The van der Waals surface area contributed by atoms with Gasteiger partial charge in [-0.1, -0.05) is 0 Å². The van der Waals surface area contributed by atoms with Crippen molar-refractivity contribution in [2.45, 2.75) is 18.9 Å². The molecule has 0 spiro atoms. The molecular formula is C11H18N2O2S2. The first-order valence-electron chi connectivity index (χ1n) is 5.33. The van der Waals surface area contributed by atoms with Crippen molar-refractivity contribution < 1.29 is 9.90 Å². The van der Waals surface area contributed by atoms with Gasteiger partial charge in [-0.3, -0.25) is 5.32 Å². The Morgan fingerprint density at radius 1 is 1.65 bits per heavy atom. The van der Waals surface area contributed by atoms with Crippen molar-refractivity contribution in [1.82, 2.24) is 5.32 Å². The van der Waals surface area contributed by atoms with E-state index in [0.29, 0.717) is 6.42 Å². The fraction of sp³-hybridized carbons (Fsp3) is 0.545. The molecule has 1 aromatic heterocycles. The molecule has 4 nitrogen and oxygen atoms in total. The third kappa shape index (κ3) is 5.95. The lowest BCUT2D eigenvalue weighted by Crippen LogP contribution is -2.42. The van der Waals surface area contributed by atoms with Crippen LogP contribution in [0.15, 0.2) is 17.5 Å². The predicted molar refractivity (Wildman–Crippen MR) is 75.0 cm³/mol. The second kappa shape index (κ2) is 6.88. The third-order valence-corrected chi connectivity index (χ3v) is 3.63. The monoisotopic (exact) mass is 274 g/mol. The number of amides is 2. The summed E-state index contributed by atoms with van der Waals surface area (Å²) in [5, 5.41) is 18.0. The highest BCUT2D eigenvalue weighted by Crippen LogP contribution is 2.15. The molecule has 6 heteroatoms. The van der Waals surface area contributed by atoms with Crippen molar-refractivity contribution in [3.8, 4) is 0 Å². The molecular weight excluding hydrogens is 256 g/mol. The van der Waals surface area contributed by atoms with Crippen molar-refractivity contribution in [3.63, 3.8) is 0 Å². The quantitative estimate of drug-likeness (QED) is 0.746. The summed E-state index contributed by atoms with van der Waals surface area (Å²) in [6, 6.07) is 3.42. The number of thiophene rings is 1. The molecule has 1 aromatic rings. The summed E-state index contributed by atoms with van der Waals surface area (Å²) in [5.74, 6) is 0.876. The molecule has 2 amide bonds. The third-order valence-electron chi connectivity index (χ3n) is 2.23. The summed E-state index contributed by atoms with van der Waals surface area (Å²) in [6.45, 7) is 1.99. The van der Waals surface area contributed by atoms with Gasteiger partial charge in [0.1, 0.15) is 0 Å². The number of urea groups is 1. The van der Waals surface area contributed by atoms with Crippen LogP contribution < -0.4 is 10.6 Å². The molecule has 0 aliphatic carbocycles. The van der Waals surface area contributed by atoms with E-state index in [9.17, 15) is 9.90 Å². The van der Waals surface area contributed by atoms with Gasteiger partial charge in [-0.15, -0.1) is 11.3 Å². The first-order valence-corrected chi connectivity index (χ1v) is 7.60. The van der Waals surface area contributed by atoms with Crippen LogP contribution in [0.5, 0.6) is 0 Å². The van der Waals surface area contributed by atoms with E-state index < -0.39 is 5.60 Å². The highest BCUT2D eigenvalue weighted by Gasteiger charge is 2.20. The number of carbonyl (C=O) groups excluding carboxylic acids is 1. The maximum atomic E-state index is 11.5. The largest absolute Gasteiger partial charge is 0.388 e. The number of thioether (sulfide) groups is 1. The Bertz CT molecular complexity index is 339. The van der Waals surface area contributed by atoms with Crippen molar-refractivity contribution in [1.29, 1.82) is 0 Å². The summed E-state index contributed by atoms with van der Waals surface area (Å²) >= 11 is 3.14. The van der Waals surface area contributed by atoms with Crippen LogP contribution in [0, 0.1) is 0 Å². The summed E-state index contributed by atoms with van der Waals surface area (Å²) in [5.41, 5.74) is -0.851. The standard InChI is InChI=1S/C11H18N2O2S2/c1-11(15,5-7-16-2)8-12-10(14)13-9-4-3-6-17-9/h3-4,6,15H,5,7-8H2,1-2H3,(H2,12,13,14)/t11-/m1/s1. The molecule has 0 aromatic carbocycles. The second-order valence-electron chi connectivity index (χ2n) is 4.02. The van der Waals surface area contributed by atoms with E-state index in [1.54, 1.807) is 18.7 Å². The lowest BCUT2D eigenvalue weighted by atomic mass is 10.0. The SMILES string of the molecule is CSCC[C@@](C)(O)CNC(=O)Nc1cccs1. The van der Waals surface area contributed by atoms with Crippen LogP contribution in [0.2, 0.25) is 0 Å². The fourth-order valence-corrected chi connectivity index (χ4v) is 2.44. The Morgan fingerprint density at radius 3 is 3.00 bits per heavy atom. The fourth-order valence-electron chi connectivity index (χ4n) is 1.19.